The number of hydroxylamine groups is 1. The Morgan fingerprint density at radius 3 is 1.67 bits per heavy atom. The zero-order valence-corrected chi connectivity index (χ0v) is 16.3. The van der Waals surface area contributed by atoms with E-state index in [9.17, 15) is 5.21 Å². The first-order valence-corrected chi connectivity index (χ1v) is 7.37. The first-order chi connectivity index (χ1) is 10.2. The number of pyridine rings is 2. The molecule has 0 unspecified atom stereocenters. The fourth-order valence-corrected chi connectivity index (χ4v) is 3.72. The van der Waals surface area contributed by atoms with Gasteiger partial charge in [-0.1, -0.05) is 0 Å². The lowest BCUT2D eigenvalue weighted by Gasteiger charge is -2.13. The lowest BCUT2D eigenvalue weighted by atomic mass is 10.1. The lowest BCUT2D eigenvalue weighted by molar-refractivity contribution is 0.279. The van der Waals surface area contributed by atoms with Crippen LogP contribution in [0.4, 0.5) is 5.69 Å². The SMILES string of the molecule is Cc1c(-c2ccncc2)sc(-c2ccncc2)c1N(C)O.Cl.Cl.Cl. The molecule has 0 aliphatic carbocycles. The fourth-order valence-electron chi connectivity index (χ4n) is 2.37. The van der Waals surface area contributed by atoms with E-state index >= 15 is 0 Å². The molecule has 0 atom stereocenters. The third kappa shape index (κ3) is 4.37. The first kappa shape index (κ1) is 22.6. The number of halogens is 3. The molecule has 3 rings (SSSR count). The number of rotatable bonds is 3. The molecule has 0 aromatic carbocycles. The van der Waals surface area contributed by atoms with E-state index in [1.54, 1.807) is 43.2 Å². The molecular formula is C16H18Cl3N3OS. The summed E-state index contributed by atoms with van der Waals surface area (Å²) in [5, 5.41) is 11.2. The third-order valence-electron chi connectivity index (χ3n) is 3.32. The highest BCUT2D eigenvalue weighted by molar-refractivity contribution is 7.19. The molecule has 3 aromatic rings. The fraction of sp³-hybridized carbons (Fsp3) is 0.125. The quantitative estimate of drug-likeness (QED) is 0.602. The molecule has 0 spiro atoms. The van der Waals surface area contributed by atoms with Gasteiger partial charge in [-0.2, -0.15) is 0 Å². The molecule has 0 aliphatic rings. The van der Waals surface area contributed by atoms with E-state index in [1.807, 2.05) is 31.2 Å². The van der Waals surface area contributed by atoms with Crippen molar-refractivity contribution in [1.82, 2.24) is 9.97 Å². The minimum Gasteiger partial charge on any atom is -0.289 e. The van der Waals surface area contributed by atoms with Gasteiger partial charge >= 0.3 is 0 Å². The van der Waals surface area contributed by atoms with Crippen molar-refractivity contribution >= 4 is 54.2 Å². The van der Waals surface area contributed by atoms with Gasteiger partial charge < -0.3 is 0 Å². The van der Waals surface area contributed by atoms with Crippen LogP contribution in [0.2, 0.25) is 0 Å². The van der Waals surface area contributed by atoms with Gasteiger partial charge in [0.1, 0.15) is 0 Å². The molecule has 8 heteroatoms. The van der Waals surface area contributed by atoms with E-state index < -0.39 is 0 Å². The number of hydrogen-bond acceptors (Lipinski definition) is 5. The summed E-state index contributed by atoms with van der Waals surface area (Å²) in [6.45, 7) is 2.03. The molecule has 3 aromatic heterocycles. The Bertz CT molecular complexity index is 752. The molecular weight excluding hydrogens is 389 g/mol. The Morgan fingerprint density at radius 1 is 0.833 bits per heavy atom. The first-order valence-electron chi connectivity index (χ1n) is 6.55. The van der Waals surface area contributed by atoms with Crippen LogP contribution in [0, 0.1) is 6.92 Å². The van der Waals surface area contributed by atoms with Crippen LogP contribution in [-0.2, 0) is 0 Å². The highest BCUT2D eigenvalue weighted by atomic mass is 35.5. The molecule has 4 nitrogen and oxygen atoms in total. The predicted octanol–water partition coefficient (Wildman–Crippen LogP) is 5.27. The summed E-state index contributed by atoms with van der Waals surface area (Å²) < 4.78 is 0. The van der Waals surface area contributed by atoms with Crippen molar-refractivity contribution in [2.45, 2.75) is 6.92 Å². The van der Waals surface area contributed by atoms with Gasteiger partial charge in [-0.3, -0.25) is 20.2 Å². The molecule has 0 fully saturated rings. The molecule has 0 aliphatic heterocycles. The summed E-state index contributed by atoms with van der Waals surface area (Å²) in [6, 6.07) is 7.87. The van der Waals surface area contributed by atoms with Gasteiger partial charge in [0.25, 0.3) is 0 Å². The summed E-state index contributed by atoms with van der Waals surface area (Å²) in [7, 11) is 1.65. The highest BCUT2D eigenvalue weighted by Gasteiger charge is 2.19. The van der Waals surface area contributed by atoms with Crippen LogP contribution < -0.4 is 5.06 Å². The van der Waals surface area contributed by atoms with Crippen molar-refractivity contribution in [2.75, 3.05) is 12.1 Å². The largest absolute Gasteiger partial charge is 0.289 e. The van der Waals surface area contributed by atoms with Gasteiger partial charge in [0, 0.05) is 36.7 Å². The summed E-state index contributed by atoms with van der Waals surface area (Å²) in [4.78, 5) is 10.3. The Hall–Kier alpha value is -1.37. The van der Waals surface area contributed by atoms with Gasteiger partial charge in [0.15, 0.2) is 0 Å². The van der Waals surface area contributed by atoms with Gasteiger partial charge in [0.05, 0.1) is 10.6 Å². The Labute approximate surface area is 163 Å². The van der Waals surface area contributed by atoms with E-state index in [4.69, 9.17) is 0 Å². The van der Waals surface area contributed by atoms with Crippen LogP contribution in [0.3, 0.4) is 0 Å². The normalized spacial score (nSPS) is 9.29. The number of anilines is 1. The van der Waals surface area contributed by atoms with Crippen LogP contribution in [0.25, 0.3) is 20.9 Å². The molecule has 0 bridgehead atoms. The van der Waals surface area contributed by atoms with E-state index in [1.165, 1.54) is 5.06 Å². The zero-order chi connectivity index (χ0) is 14.8. The van der Waals surface area contributed by atoms with E-state index in [2.05, 4.69) is 9.97 Å². The highest BCUT2D eigenvalue weighted by Crippen LogP contribution is 2.46. The number of thiophene rings is 1. The molecule has 0 saturated carbocycles. The van der Waals surface area contributed by atoms with Crippen LogP contribution >= 0.6 is 48.6 Å². The minimum absolute atomic E-state index is 0. The molecule has 1 N–H and O–H groups in total. The van der Waals surface area contributed by atoms with Crippen molar-refractivity contribution in [1.29, 1.82) is 0 Å². The summed E-state index contributed by atoms with van der Waals surface area (Å²) in [5.74, 6) is 0. The maximum atomic E-state index is 10.0. The smallest absolute Gasteiger partial charge is 0.0852 e. The molecule has 0 radical (unpaired) electrons. The van der Waals surface area contributed by atoms with Crippen LogP contribution in [0.1, 0.15) is 5.56 Å². The summed E-state index contributed by atoms with van der Waals surface area (Å²) in [6.07, 6.45) is 7.08. The van der Waals surface area contributed by atoms with Crippen LogP contribution in [0.5, 0.6) is 0 Å². The van der Waals surface area contributed by atoms with Crippen molar-refractivity contribution in [3.8, 4) is 20.9 Å². The number of aromatic nitrogens is 2. The van der Waals surface area contributed by atoms with Crippen LogP contribution in [0.15, 0.2) is 49.1 Å². The number of hydrogen-bond donors (Lipinski definition) is 1. The summed E-state index contributed by atoms with van der Waals surface area (Å²) >= 11 is 1.66. The maximum Gasteiger partial charge on any atom is 0.0852 e. The predicted molar refractivity (Wildman–Crippen MR) is 107 cm³/mol. The Balaban J connectivity index is 0.00000176. The van der Waals surface area contributed by atoms with E-state index in [0.717, 1.165) is 32.1 Å². The second-order valence-corrected chi connectivity index (χ2v) is 5.75. The maximum absolute atomic E-state index is 10.0. The topological polar surface area (TPSA) is 49.2 Å². The molecule has 24 heavy (non-hydrogen) atoms. The van der Waals surface area contributed by atoms with Gasteiger partial charge in [-0.05, 0) is 47.9 Å². The Morgan fingerprint density at radius 2 is 1.25 bits per heavy atom. The molecule has 0 saturated heterocycles. The van der Waals surface area contributed by atoms with Crippen molar-refractivity contribution < 1.29 is 5.21 Å². The third-order valence-corrected chi connectivity index (χ3v) is 4.70. The average molecular weight is 407 g/mol. The van der Waals surface area contributed by atoms with Crippen molar-refractivity contribution in [3.63, 3.8) is 0 Å². The van der Waals surface area contributed by atoms with E-state index in [-0.39, 0.29) is 37.2 Å². The van der Waals surface area contributed by atoms with Gasteiger partial charge in [-0.25, -0.2) is 0 Å². The second kappa shape index (κ2) is 9.81. The zero-order valence-electron chi connectivity index (χ0n) is 13.0. The molecule has 3 heterocycles. The monoisotopic (exact) mass is 405 g/mol. The molecule has 130 valence electrons. The van der Waals surface area contributed by atoms with Crippen molar-refractivity contribution in [2.24, 2.45) is 0 Å². The average Bonchev–Trinajstić information content (AvgIpc) is 2.87. The van der Waals surface area contributed by atoms with Gasteiger partial charge in [0.2, 0.25) is 0 Å². The molecule has 0 amide bonds. The Kier molecular flexibility index (Phi) is 9.25. The van der Waals surface area contributed by atoms with Gasteiger partial charge in [-0.15, -0.1) is 48.6 Å². The standard InChI is InChI=1S/C16H15N3OS.3ClH/c1-11-14(19(2)20)16(13-5-9-18-10-6-13)21-15(11)12-3-7-17-8-4-12;;;/h3-10,20H,1-2H3;3*1H. The number of nitrogens with zero attached hydrogens (tertiary/aromatic N) is 3. The minimum atomic E-state index is 0. The second-order valence-electron chi connectivity index (χ2n) is 4.73. The lowest BCUT2D eigenvalue weighted by Crippen LogP contribution is -2.11. The van der Waals surface area contributed by atoms with E-state index in [0.29, 0.717) is 0 Å². The van der Waals surface area contributed by atoms with Crippen LogP contribution in [-0.4, -0.2) is 22.2 Å². The van der Waals surface area contributed by atoms with Crippen molar-refractivity contribution in [3.05, 3.63) is 54.6 Å². The summed E-state index contributed by atoms with van der Waals surface area (Å²) in [5.41, 5.74) is 4.05.